The van der Waals surface area contributed by atoms with Crippen molar-refractivity contribution in [1.82, 2.24) is 5.43 Å². The van der Waals surface area contributed by atoms with E-state index in [0.717, 1.165) is 0 Å². The summed E-state index contributed by atoms with van der Waals surface area (Å²) in [5, 5.41) is 2.65. The SMILES string of the molecule is CCOC(=O)[C@H](Cl)/C(C)=N\NC(C)=O. The second-order valence-corrected chi connectivity index (χ2v) is 2.97. The number of halogens is 1. The van der Waals surface area contributed by atoms with Crippen molar-refractivity contribution in [2.45, 2.75) is 26.1 Å². The molecule has 1 atom stereocenters. The molecule has 0 saturated carbocycles. The van der Waals surface area contributed by atoms with E-state index in [2.05, 4.69) is 15.3 Å². The van der Waals surface area contributed by atoms with Crippen LogP contribution in [0, 0.1) is 0 Å². The third-order valence-corrected chi connectivity index (χ3v) is 1.74. The second-order valence-electron chi connectivity index (χ2n) is 2.54. The molecule has 0 aromatic carbocycles. The number of rotatable bonds is 4. The molecular weight excluding hydrogens is 208 g/mol. The number of carbonyl (C=O) groups is 2. The van der Waals surface area contributed by atoms with Gasteiger partial charge in [-0.25, -0.2) is 5.43 Å². The van der Waals surface area contributed by atoms with Gasteiger partial charge in [-0.2, -0.15) is 5.10 Å². The number of carbonyl (C=O) groups excluding carboxylic acids is 2. The quantitative estimate of drug-likeness (QED) is 0.328. The maximum atomic E-state index is 11.1. The van der Waals surface area contributed by atoms with Crippen LogP contribution in [0.1, 0.15) is 20.8 Å². The van der Waals surface area contributed by atoms with E-state index in [1.54, 1.807) is 6.92 Å². The van der Waals surface area contributed by atoms with Crippen LogP contribution in [-0.4, -0.2) is 29.6 Å². The van der Waals surface area contributed by atoms with Crippen LogP contribution in [0.5, 0.6) is 0 Å². The molecule has 0 aromatic rings. The van der Waals surface area contributed by atoms with Crippen molar-refractivity contribution in [2.24, 2.45) is 5.10 Å². The highest BCUT2D eigenvalue weighted by molar-refractivity contribution is 6.41. The Labute approximate surface area is 87.4 Å². The minimum Gasteiger partial charge on any atom is -0.465 e. The molecule has 0 fully saturated rings. The predicted octanol–water partition coefficient (Wildman–Crippen LogP) is 0.669. The summed E-state index contributed by atoms with van der Waals surface area (Å²) in [6, 6.07) is 0. The van der Waals surface area contributed by atoms with Crippen LogP contribution < -0.4 is 5.43 Å². The van der Waals surface area contributed by atoms with Crippen molar-refractivity contribution < 1.29 is 14.3 Å². The molecule has 0 saturated heterocycles. The van der Waals surface area contributed by atoms with E-state index in [0.29, 0.717) is 5.71 Å². The minimum absolute atomic E-state index is 0.259. The van der Waals surface area contributed by atoms with Gasteiger partial charge in [-0.1, -0.05) is 0 Å². The summed E-state index contributed by atoms with van der Waals surface area (Å²) in [6.07, 6.45) is 0. The number of esters is 1. The summed E-state index contributed by atoms with van der Waals surface area (Å²) in [4.78, 5) is 21.6. The van der Waals surface area contributed by atoms with Gasteiger partial charge in [0.15, 0.2) is 5.38 Å². The number of nitrogens with zero attached hydrogens (tertiary/aromatic N) is 1. The van der Waals surface area contributed by atoms with Gasteiger partial charge in [0, 0.05) is 6.92 Å². The number of hydrogen-bond donors (Lipinski definition) is 1. The van der Waals surface area contributed by atoms with Gasteiger partial charge < -0.3 is 4.74 Å². The van der Waals surface area contributed by atoms with Crippen LogP contribution in [0.15, 0.2) is 5.10 Å². The lowest BCUT2D eigenvalue weighted by atomic mass is 10.3. The zero-order valence-corrected chi connectivity index (χ0v) is 9.09. The highest BCUT2D eigenvalue weighted by Crippen LogP contribution is 2.01. The molecule has 6 heteroatoms. The third kappa shape index (κ3) is 4.81. The Kier molecular flexibility index (Phi) is 5.87. The van der Waals surface area contributed by atoms with Crippen molar-refractivity contribution in [3.05, 3.63) is 0 Å². The lowest BCUT2D eigenvalue weighted by Crippen LogP contribution is -2.27. The summed E-state index contributed by atoms with van der Waals surface area (Å²) >= 11 is 5.69. The normalized spacial score (nSPS) is 13.3. The van der Waals surface area contributed by atoms with Crippen LogP contribution in [-0.2, 0) is 14.3 Å². The molecule has 1 amide bonds. The first-order valence-corrected chi connectivity index (χ1v) is 4.54. The molecule has 0 heterocycles. The molecule has 0 aliphatic carbocycles. The van der Waals surface area contributed by atoms with Crippen LogP contribution in [0.25, 0.3) is 0 Å². The Morgan fingerprint density at radius 1 is 1.50 bits per heavy atom. The first-order chi connectivity index (χ1) is 6.49. The van der Waals surface area contributed by atoms with E-state index in [1.165, 1.54) is 13.8 Å². The number of hydrazone groups is 1. The van der Waals surface area contributed by atoms with Gasteiger partial charge in [-0.05, 0) is 13.8 Å². The highest BCUT2D eigenvalue weighted by atomic mass is 35.5. The molecule has 0 radical (unpaired) electrons. The van der Waals surface area contributed by atoms with Crippen molar-refractivity contribution in [3.8, 4) is 0 Å². The fraction of sp³-hybridized carbons (Fsp3) is 0.625. The van der Waals surface area contributed by atoms with E-state index in [-0.39, 0.29) is 12.5 Å². The molecule has 0 rings (SSSR count). The fourth-order valence-corrected chi connectivity index (χ4v) is 0.721. The largest absolute Gasteiger partial charge is 0.465 e. The Bertz CT molecular complexity index is 253. The molecule has 14 heavy (non-hydrogen) atoms. The van der Waals surface area contributed by atoms with Crippen LogP contribution in [0.3, 0.4) is 0 Å². The van der Waals surface area contributed by atoms with Crippen molar-refractivity contribution in [2.75, 3.05) is 6.61 Å². The minimum atomic E-state index is -0.957. The second kappa shape index (κ2) is 6.37. The summed E-state index contributed by atoms with van der Waals surface area (Å²) in [7, 11) is 0. The Morgan fingerprint density at radius 3 is 2.50 bits per heavy atom. The van der Waals surface area contributed by atoms with Gasteiger partial charge in [0.05, 0.1) is 12.3 Å². The zero-order chi connectivity index (χ0) is 11.1. The highest BCUT2D eigenvalue weighted by Gasteiger charge is 2.19. The Morgan fingerprint density at radius 2 is 2.07 bits per heavy atom. The molecule has 1 N–H and O–H groups in total. The van der Waals surface area contributed by atoms with Crippen molar-refractivity contribution >= 4 is 29.2 Å². The molecule has 0 aliphatic heterocycles. The topological polar surface area (TPSA) is 67.8 Å². The van der Waals surface area contributed by atoms with E-state index in [9.17, 15) is 9.59 Å². The molecule has 5 nitrogen and oxygen atoms in total. The standard InChI is InChI=1S/C8H13ClN2O3/c1-4-14-8(13)7(9)5(2)10-11-6(3)12/h7H,4H2,1-3H3,(H,11,12)/b10-5-/t7-/m1/s1. The average molecular weight is 221 g/mol. The van der Waals surface area contributed by atoms with Gasteiger partial charge in [0.2, 0.25) is 5.91 Å². The summed E-state index contributed by atoms with van der Waals surface area (Å²) in [5.74, 6) is -0.891. The van der Waals surface area contributed by atoms with E-state index in [1.807, 2.05) is 0 Å². The summed E-state index contributed by atoms with van der Waals surface area (Å²) < 4.78 is 4.67. The van der Waals surface area contributed by atoms with E-state index in [4.69, 9.17) is 11.6 Å². The number of hydrogen-bond acceptors (Lipinski definition) is 4. The van der Waals surface area contributed by atoms with Gasteiger partial charge >= 0.3 is 5.97 Å². The first kappa shape index (κ1) is 12.9. The van der Waals surface area contributed by atoms with E-state index >= 15 is 0 Å². The Balaban J connectivity index is 4.22. The maximum Gasteiger partial charge on any atom is 0.329 e. The van der Waals surface area contributed by atoms with Gasteiger partial charge in [0.25, 0.3) is 0 Å². The fourth-order valence-electron chi connectivity index (χ4n) is 0.610. The molecule has 0 aromatic heterocycles. The lowest BCUT2D eigenvalue weighted by molar-refractivity contribution is -0.141. The van der Waals surface area contributed by atoms with Crippen molar-refractivity contribution in [3.63, 3.8) is 0 Å². The van der Waals surface area contributed by atoms with Crippen LogP contribution in [0.2, 0.25) is 0 Å². The number of ether oxygens (including phenoxy) is 1. The van der Waals surface area contributed by atoms with E-state index < -0.39 is 11.3 Å². The Hall–Kier alpha value is -1.10. The van der Waals surface area contributed by atoms with Gasteiger partial charge in [-0.15, -0.1) is 11.6 Å². The first-order valence-electron chi connectivity index (χ1n) is 4.10. The molecule has 0 bridgehead atoms. The monoisotopic (exact) mass is 220 g/mol. The molecule has 0 spiro atoms. The smallest absolute Gasteiger partial charge is 0.329 e. The molecule has 0 aliphatic rings. The van der Waals surface area contributed by atoms with Gasteiger partial charge in [0.1, 0.15) is 0 Å². The predicted molar refractivity (Wildman–Crippen MR) is 53.2 cm³/mol. The maximum absolute atomic E-state index is 11.1. The number of amides is 1. The van der Waals surface area contributed by atoms with Gasteiger partial charge in [-0.3, -0.25) is 9.59 Å². The summed E-state index contributed by atoms with van der Waals surface area (Å²) in [5.41, 5.74) is 2.47. The molecular formula is C8H13ClN2O3. The number of alkyl halides is 1. The summed E-state index contributed by atoms with van der Waals surface area (Å²) in [6.45, 7) is 4.78. The van der Waals surface area contributed by atoms with Crippen LogP contribution >= 0.6 is 11.6 Å². The lowest BCUT2D eigenvalue weighted by Gasteiger charge is -2.07. The average Bonchev–Trinajstić information content (AvgIpc) is 2.13. The molecule has 0 unspecified atom stereocenters. The zero-order valence-electron chi connectivity index (χ0n) is 8.33. The van der Waals surface area contributed by atoms with Crippen LogP contribution in [0.4, 0.5) is 0 Å². The third-order valence-electron chi connectivity index (χ3n) is 1.25. The number of nitrogens with one attached hydrogen (secondary N) is 1. The van der Waals surface area contributed by atoms with Crippen molar-refractivity contribution in [1.29, 1.82) is 0 Å². The molecule has 80 valence electrons.